The van der Waals surface area contributed by atoms with Gasteiger partial charge in [0.2, 0.25) is 5.16 Å². The lowest BCUT2D eigenvalue weighted by Crippen LogP contribution is -2.41. The quantitative estimate of drug-likeness (QED) is 0.339. The molecule has 0 aromatic carbocycles. The van der Waals surface area contributed by atoms with E-state index in [1.54, 1.807) is 0 Å². The fourth-order valence-electron chi connectivity index (χ4n) is 1.94. The lowest BCUT2D eigenvalue weighted by atomic mass is 9.97. The van der Waals surface area contributed by atoms with Crippen molar-refractivity contribution in [2.45, 2.75) is 17.2 Å². The SMILES string of the molecule is O=C(O)C(CC(C(=O)O)(c1ccc(Cl)cn1)P(=O)(O)O)P(=O)(O)O. The predicted molar refractivity (Wildman–Crippen MR) is 78.7 cm³/mol. The first-order chi connectivity index (χ1) is 10.7. The minimum Gasteiger partial charge on any atom is -0.481 e. The van der Waals surface area contributed by atoms with Crippen LogP contribution in [0.25, 0.3) is 0 Å². The highest BCUT2D eigenvalue weighted by Gasteiger charge is 2.60. The van der Waals surface area contributed by atoms with Crippen LogP contribution in [-0.2, 0) is 23.9 Å². The van der Waals surface area contributed by atoms with Gasteiger partial charge >= 0.3 is 27.1 Å². The summed E-state index contributed by atoms with van der Waals surface area (Å²) in [4.78, 5) is 63.4. The van der Waals surface area contributed by atoms with Gasteiger partial charge in [-0.15, -0.1) is 0 Å². The molecule has 14 heteroatoms. The largest absolute Gasteiger partial charge is 0.481 e. The number of nitrogens with zero attached hydrogens (tertiary/aromatic N) is 1. The van der Waals surface area contributed by atoms with Gasteiger partial charge in [0.1, 0.15) is 0 Å². The normalized spacial score (nSPS) is 16.2. The molecule has 0 aliphatic carbocycles. The molecule has 0 radical (unpaired) electrons. The number of aliphatic carboxylic acids is 2. The maximum absolute atomic E-state index is 11.9. The molecule has 0 aliphatic rings. The highest BCUT2D eigenvalue weighted by molar-refractivity contribution is 7.55. The van der Waals surface area contributed by atoms with Crippen molar-refractivity contribution >= 4 is 38.7 Å². The molecule has 1 aromatic rings. The molecule has 1 rings (SSSR count). The van der Waals surface area contributed by atoms with Gasteiger partial charge in [0, 0.05) is 12.6 Å². The highest BCUT2D eigenvalue weighted by Crippen LogP contribution is 2.62. The van der Waals surface area contributed by atoms with Crippen molar-refractivity contribution in [2.24, 2.45) is 0 Å². The number of carbonyl (C=O) groups is 2. The zero-order valence-corrected chi connectivity index (χ0v) is 14.1. The van der Waals surface area contributed by atoms with E-state index >= 15 is 0 Å². The molecule has 0 saturated carbocycles. The van der Waals surface area contributed by atoms with Crippen LogP contribution in [0.2, 0.25) is 5.02 Å². The average Bonchev–Trinajstić information content (AvgIpc) is 2.37. The van der Waals surface area contributed by atoms with Crippen LogP contribution in [-0.4, -0.2) is 52.4 Å². The second kappa shape index (κ2) is 6.89. The van der Waals surface area contributed by atoms with Crippen molar-refractivity contribution in [3.8, 4) is 0 Å². The van der Waals surface area contributed by atoms with E-state index in [9.17, 15) is 33.6 Å². The van der Waals surface area contributed by atoms with Crippen LogP contribution in [0.3, 0.4) is 0 Å². The Balaban J connectivity index is 3.69. The van der Waals surface area contributed by atoms with E-state index in [-0.39, 0.29) is 5.02 Å². The summed E-state index contributed by atoms with van der Waals surface area (Å²) in [5.74, 6) is -4.30. The summed E-state index contributed by atoms with van der Waals surface area (Å²) in [6, 6.07) is 1.87. The van der Waals surface area contributed by atoms with E-state index in [0.29, 0.717) is 0 Å². The van der Waals surface area contributed by atoms with E-state index in [0.717, 1.165) is 18.3 Å². The van der Waals surface area contributed by atoms with Gasteiger partial charge in [-0.3, -0.25) is 23.7 Å². The second-order valence-electron chi connectivity index (χ2n) is 4.72. The maximum atomic E-state index is 11.9. The van der Waals surface area contributed by atoms with E-state index in [4.69, 9.17) is 26.5 Å². The third-order valence-electron chi connectivity index (χ3n) is 3.18. The Bertz CT molecular complexity index is 741. The van der Waals surface area contributed by atoms with Crippen molar-refractivity contribution < 1.29 is 48.5 Å². The molecule has 0 spiro atoms. The number of aromatic nitrogens is 1. The summed E-state index contributed by atoms with van der Waals surface area (Å²) in [6.07, 6.45) is -0.724. The molecule has 1 aromatic heterocycles. The van der Waals surface area contributed by atoms with Crippen LogP contribution in [0, 0.1) is 0 Å². The van der Waals surface area contributed by atoms with Crippen LogP contribution in [0.5, 0.6) is 0 Å². The number of halogens is 1. The van der Waals surface area contributed by atoms with Crippen LogP contribution >= 0.6 is 26.8 Å². The summed E-state index contributed by atoms with van der Waals surface area (Å²) >= 11 is 5.56. The lowest BCUT2D eigenvalue weighted by Gasteiger charge is -2.31. The molecule has 24 heavy (non-hydrogen) atoms. The summed E-state index contributed by atoms with van der Waals surface area (Å²) in [5.41, 5.74) is -3.45. The van der Waals surface area contributed by atoms with Gasteiger partial charge in [-0.1, -0.05) is 11.6 Å². The molecule has 2 unspecified atom stereocenters. The van der Waals surface area contributed by atoms with Crippen LogP contribution < -0.4 is 0 Å². The van der Waals surface area contributed by atoms with Gasteiger partial charge in [0.25, 0.3) is 0 Å². The number of rotatable bonds is 7. The van der Waals surface area contributed by atoms with Crippen LogP contribution in [0.15, 0.2) is 18.3 Å². The fourth-order valence-corrected chi connectivity index (χ4v) is 4.10. The number of carboxylic acids is 2. The van der Waals surface area contributed by atoms with Gasteiger partial charge in [-0.05, 0) is 12.1 Å². The zero-order valence-electron chi connectivity index (χ0n) is 11.6. The summed E-state index contributed by atoms with van der Waals surface area (Å²) in [6.45, 7) is 0. The number of hydrogen-bond acceptors (Lipinski definition) is 5. The Kier molecular flexibility index (Phi) is 5.95. The van der Waals surface area contributed by atoms with E-state index in [2.05, 4.69) is 4.98 Å². The first-order valence-corrected chi connectivity index (χ1v) is 9.59. The Morgan fingerprint density at radius 3 is 2.00 bits per heavy atom. The number of pyridine rings is 1. The van der Waals surface area contributed by atoms with Crippen molar-refractivity contribution in [1.82, 2.24) is 4.98 Å². The van der Waals surface area contributed by atoms with Crippen molar-refractivity contribution in [3.63, 3.8) is 0 Å². The summed E-state index contributed by atoms with van der Waals surface area (Å²) in [7, 11) is -11.1. The van der Waals surface area contributed by atoms with Gasteiger partial charge < -0.3 is 29.8 Å². The van der Waals surface area contributed by atoms with E-state index in [1.807, 2.05) is 0 Å². The molecule has 0 saturated heterocycles. The molecule has 6 N–H and O–H groups in total. The third kappa shape index (κ3) is 4.01. The minimum atomic E-state index is -5.67. The Hall–Kier alpha value is -1.32. The third-order valence-corrected chi connectivity index (χ3v) is 6.22. The molecule has 0 amide bonds. The van der Waals surface area contributed by atoms with Crippen molar-refractivity contribution in [1.29, 1.82) is 0 Å². The van der Waals surface area contributed by atoms with Crippen LogP contribution in [0.1, 0.15) is 12.1 Å². The lowest BCUT2D eigenvalue weighted by molar-refractivity contribution is -0.142. The number of carboxylic acid groups (broad SMARTS) is 2. The summed E-state index contributed by atoms with van der Waals surface area (Å²) in [5, 5.41) is 15.0. The van der Waals surface area contributed by atoms with E-state index < -0.39 is 50.1 Å². The first-order valence-electron chi connectivity index (χ1n) is 5.92. The molecule has 1 heterocycles. The topological polar surface area (TPSA) is 203 Å². The van der Waals surface area contributed by atoms with E-state index in [1.165, 1.54) is 0 Å². The van der Waals surface area contributed by atoms with Gasteiger partial charge in [-0.25, -0.2) is 0 Å². The first kappa shape index (κ1) is 20.7. The molecular formula is C10H12ClNO10P2. The fraction of sp³-hybridized carbons (Fsp3) is 0.300. The smallest absolute Gasteiger partial charge is 0.348 e. The number of hydrogen-bond donors (Lipinski definition) is 6. The Labute approximate surface area is 139 Å². The van der Waals surface area contributed by atoms with Crippen molar-refractivity contribution in [3.05, 3.63) is 29.0 Å². The zero-order chi connectivity index (χ0) is 18.9. The van der Waals surface area contributed by atoms with Gasteiger partial charge in [0.05, 0.1) is 10.7 Å². The monoisotopic (exact) mass is 403 g/mol. The molecule has 134 valence electrons. The van der Waals surface area contributed by atoms with Crippen LogP contribution in [0.4, 0.5) is 0 Å². The molecular weight excluding hydrogens is 392 g/mol. The molecule has 0 aliphatic heterocycles. The van der Waals surface area contributed by atoms with Gasteiger partial charge in [0.15, 0.2) is 5.66 Å². The standard InChI is InChI=1S/C10H12ClNO10P2/c11-5-1-2-7(12-4-5)10(9(15)16,24(20,21)22)3-6(8(13)14)23(17,18)19/h1-2,4,6H,3H2,(H,13,14)(H,15,16)(H2,17,18,19)(H2,20,21,22). The Morgan fingerprint density at radius 1 is 1.17 bits per heavy atom. The second-order valence-corrected chi connectivity index (χ2v) is 8.81. The van der Waals surface area contributed by atoms with Gasteiger partial charge in [-0.2, -0.15) is 0 Å². The molecule has 0 fully saturated rings. The van der Waals surface area contributed by atoms with Crippen molar-refractivity contribution in [2.75, 3.05) is 0 Å². The average molecular weight is 404 g/mol. The highest BCUT2D eigenvalue weighted by atomic mass is 35.5. The summed E-state index contributed by atoms with van der Waals surface area (Å²) < 4.78 is 23.2. The maximum Gasteiger partial charge on any atom is 0.348 e. The Morgan fingerprint density at radius 2 is 1.71 bits per heavy atom. The predicted octanol–water partition coefficient (Wildman–Crippen LogP) is 0.214. The minimum absolute atomic E-state index is 0.00600. The molecule has 0 bridgehead atoms. The molecule has 11 nitrogen and oxygen atoms in total. The molecule has 2 atom stereocenters.